The largest absolute Gasteiger partial charge is 0.463 e. The van der Waals surface area contributed by atoms with Crippen molar-refractivity contribution in [3.05, 3.63) is 11.6 Å². The molecule has 0 aliphatic heterocycles. The maximum Gasteiger partial charge on any atom is 0.334 e. The van der Waals surface area contributed by atoms with Gasteiger partial charge in [0.1, 0.15) is 5.78 Å². The van der Waals surface area contributed by atoms with Gasteiger partial charge in [-0.2, -0.15) is 0 Å². The second kappa shape index (κ2) is 8.50. The molecule has 0 heterocycles. The van der Waals surface area contributed by atoms with Crippen LogP contribution in [0.4, 0.5) is 0 Å². The molecule has 0 spiro atoms. The Kier molecular flexibility index (Phi) is 7.67. The van der Waals surface area contributed by atoms with Gasteiger partial charge >= 0.3 is 11.9 Å². The molecule has 0 saturated carbocycles. The Labute approximate surface area is 101 Å². The molecule has 96 valence electrons. The molecule has 0 rings (SSSR count). The third kappa shape index (κ3) is 6.50. The first-order valence-corrected chi connectivity index (χ1v) is 5.61. The highest BCUT2D eigenvalue weighted by Crippen LogP contribution is 2.07. The molecule has 0 aliphatic carbocycles. The van der Waals surface area contributed by atoms with E-state index in [0.29, 0.717) is 6.42 Å². The Hall–Kier alpha value is -1.65. The minimum Gasteiger partial charge on any atom is -0.463 e. The number of hydrogen-bond acceptors (Lipinski definition) is 5. The molecule has 0 N–H and O–H groups in total. The average molecular weight is 242 g/mol. The minimum absolute atomic E-state index is 0.0390. The third-order valence-electron chi connectivity index (χ3n) is 1.90. The summed E-state index contributed by atoms with van der Waals surface area (Å²) in [6.45, 7) is 5.41. The smallest absolute Gasteiger partial charge is 0.334 e. The van der Waals surface area contributed by atoms with Gasteiger partial charge in [0.15, 0.2) is 0 Å². The van der Waals surface area contributed by atoms with E-state index < -0.39 is 11.9 Å². The zero-order valence-corrected chi connectivity index (χ0v) is 10.4. The second-order valence-corrected chi connectivity index (χ2v) is 3.21. The van der Waals surface area contributed by atoms with Gasteiger partial charge in [-0.15, -0.1) is 0 Å². The lowest BCUT2D eigenvalue weighted by molar-refractivity contribution is -0.141. The highest BCUT2D eigenvalue weighted by Gasteiger charge is 2.16. The number of Topliss-reactive ketones (excluding diaryl/α,β-unsaturated/α-hetero) is 1. The molecule has 0 atom stereocenters. The third-order valence-corrected chi connectivity index (χ3v) is 1.90. The number of carbonyl (C=O) groups excluding carboxylic acids is 3. The van der Waals surface area contributed by atoms with Gasteiger partial charge < -0.3 is 9.47 Å². The summed E-state index contributed by atoms with van der Waals surface area (Å²) in [5.74, 6) is -1.42. The van der Waals surface area contributed by atoms with Gasteiger partial charge in [0.2, 0.25) is 0 Å². The highest BCUT2D eigenvalue weighted by atomic mass is 16.5. The van der Waals surface area contributed by atoms with Crippen molar-refractivity contribution < 1.29 is 23.9 Å². The fourth-order valence-electron chi connectivity index (χ4n) is 1.07. The Balaban J connectivity index is 4.77. The summed E-state index contributed by atoms with van der Waals surface area (Å²) >= 11 is 0. The minimum atomic E-state index is -0.651. The van der Waals surface area contributed by atoms with E-state index in [0.717, 1.165) is 6.08 Å². The molecule has 0 unspecified atom stereocenters. The van der Waals surface area contributed by atoms with E-state index in [1.54, 1.807) is 20.8 Å². The zero-order chi connectivity index (χ0) is 13.3. The van der Waals surface area contributed by atoms with Crippen LogP contribution in [-0.2, 0) is 23.9 Å². The second-order valence-electron chi connectivity index (χ2n) is 3.21. The van der Waals surface area contributed by atoms with Crippen LogP contribution in [0.1, 0.15) is 33.6 Å². The molecular weight excluding hydrogens is 224 g/mol. The van der Waals surface area contributed by atoms with Crippen LogP contribution in [0.2, 0.25) is 0 Å². The highest BCUT2D eigenvalue weighted by molar-refractivity contribution is 6.00. The first-order chi connectivity index (χ1) is 8.04. The lowest BCUT2D eigenvalue weighted by Crippen LogP contribution is -2.14. The summed E-state index contributed by atoms with van der Waals surface area (Å²) in [5, 5.41) is 0. The van der Waals surface area contributed by atoms with Crippen molar-refractivity contribution in [2.24, 2.45) is 0 Å². The van der Waals surface area contributed by atoms with E-state index >= 15 is 0 Å². The SMILES string of the molecule is CCOC(=O)/C=C(/CC(=O)CC)C(=O)OCC. The van der Waals surface area contributed by atoms with Crippen LogP contribution in [0, 0.1) is 0 Å². The number of ether oxygens (including phenoxy) is 2. The average Bonchev–Trinajstić information content (AvgIpc) is 2.28. The van der Waals surface area contributed by atoms with Crippen molar-refractivity contribution in [2.45, 2.75) is 33.6 Å². The molecule has 0 fully saturated rings. The topological polar surface area (TPSA) is 69.7 Å². The summed E-state index contributed by atoms with van der Waals surface area (Å²) in [7, 11) is 0. The molecule has 0 aliphatic rings. The van der Waals surface area contributed by atoms with E-state index in [2.05, 4.69) is 4.74 Å². The fraction of sp³-hybridized carbons (Fsp3) is 0.583. The normalized spacial score (nSPS) is 10.9. The van der Waals surface area contributed by atoms with Gasteiger partial charge in [-0.05, 0) is 13.8 Å². The van der Waals surface area contributed by atoms with Crippen molar-refractivity contribution in [3.63, 3.8) is 0 Å². The van der Waals surface area contributed by atoms with Gasteiger partial charge in [-0.3, -0.25) is 4.79 Å². The summed E-state index contributed by atoms with van der Waals surface area (Å²) in [5.41, 5.74) is 0.0390. The van der Waals surface area contributed by atoms with Crippen LogP contribution in [0.25, 0.3) is 0 Å². The predicted molar refractivity (Wildman–Crippen MR) is 61.3 cm³/mol. The van der Waals surface area contributed by atoms with Crippen LogP contribution < -0.4 is 0 Å². The first-order valence-electron chi connectivity index (χ1n) is 5.61. The number of esters is 2. The molecule has 0 aromatic heterocycles. The van der Waals surface area contributed by atoms with Gasteiger partial charge in [-0.1, -0.05) is 6.92 Å². The van der Waals surface area contributed by atoms with Crippen molar-refractivity contribution in [1.82, 2.24) is 0 Å². The first kappa shape index (κ1) is 15.3. The molecule has 0 bridgehead atoms. The molecule has 0 aromatic rings. The van der Waals surface area contributed by atoms with Gasteiger partial charge in [0.05, 0.1) is 18.8 Å². The van der Waals surface area contributed by atoms with Crippen LogP contribution in [0.15, 0.2) is 11.6 Å². The van der Waals surface area contributed by atoms with Crippen LogP contribution >= 0.6 is 0 Å². The van der Waals surface area contributed by atoms with Crippen molar-refractivity contribution in [2.75, 3.05) is 13.2 Å². The summed E-state index contributed by atoms with van der Waals surface area (Å²) in [6, 6.07) is 0. The van der Waals surface area contributed by atoms with Crippen molar-refractivity contribution in [3.8, 4) is 0 Å². The summed E-state index contributed by atoms with van der Waals surface area (Å²) in [4.78, 5) is 34.0. The molecule has 5 nitrogen and oxygen atoms in total. The van der Waals surface area contributed by atoms with Gasteiger partial charge in [0, 0.05) is 18.9 Å². The van der Waals surface area contributed by atoms with Crippen molar-refractivity contribution in [1.29, 1.82) is 0 Å². The number of ketones is 1. The molecule has 0 saturated heterocycles. The van der Waals surface area contributed by atoms with Crippen LogP contribution in [0.3, 0.4) is 0 Å². The predicted octanol–water partition coefficient (Wildman–Crippen LogP) is 1.41. The van der Waals surface area contributed by atoms with Gasteiger partial charge in [-0.25, -0.2) is 9.59 Å². The van der Waals surface area contributed by atoms with E-state index in [1.807, 2.05) is 0 Å². The number of hydrogen-bond donors (Lipinski definition) is 0. The Morgan fingerprint density at radius 1 is 1.00 bits per heavy atom. The van der Waals surface area contributed by atoms with E-state index in [-0.39, 0.29) is 31.0 Å². The molecule has 0 amide bonds. The molecular formula is C12H18O5. The molecule has 17 heavy (non-hydrogen) atoms. The molecule has 0 radical (unpaired) electrons. The van der Waals surface area contributed by atoms with Crippen LogP contribution in [-0.4, -0.2) is 30.9 Å². The Morgan fingerprint density at radius 2 is 1.59 bits per heavy atom. The lowest BCUT2D eigenvalue weighted by Gasteiger charge is -2.05. The van der Waals surface area contributed by atoms with Crippen molar-refractivity contribution >= 4 is 17.7 Å². The zero-order valence-electron chi connectivity index (χ0n) is 10.4. The maximum absolute atomic E-state index is 11.5. The van der Waals surface area contributed by atoms with E-state index in [1.165, 1.54) is 0 Å². The summed E-state index contributed by atoms with van der Waals surface area (Å²) < 4.78 is 9.44. The standard InChI is InChI=1S/C12H18O5/c1-4-10(13)7-9(12(15)17-6-3)8-11(14)16-5-2/h8H,4-7H2,1-3H3/b9-8-. The van der Waals surface area contributed by atoms with Crippen LogP contribution in [0.5, 0.6) is 0 Å². The number of rotatable bonds is 7. The lowest BCUT2D eigenvalue weighted by atomic mass is 10.1. The summed E-state index contributed by atoms with van der Waals surface area (Å²) in [6.07, 6.45) is 1.22. The quantitative estimate of drug-likeness (QED) is 0.498. The monoisotopic (exact) mass is 242 g/mol. The number of carbonyl (C=O) groups is 3. The fourth-order valence-corrected chi connectivity index (χ4v) is 1.07. The molecule has 0 aromatic carbocycles. The van der Waals surface area contributed by atoms with E-state index in [9.17, 15) is 14.4 Å². The Bertz CT molecular complexity index is 317. The Morgan fingerprint density at radius 3 is 2.06 bits per heavy atom. The van der Waals surface area contributed by atoms with E-state index in [4.69, 9.17) is 4.74 Å². The van der Waals surface area contributed by atoms with Gasteiger partial charge in [0.25, 0.3) is 0 Å². The molecule has 5 heteroatoms. The maximum atomic E-state index is 11.5.